The predicted molar refractivity (Wildman–Crippen MR) is 80.3 cm³/mol. The third kappa shape index (κ3) is 5.86. The molecule has 1 aliphatic carbocycles. The van der Waals surface area contributed by atoms with Gasteiger partial charge in [0.15, 0.2) is 0 Å². The van der Waals surface area contributed by atoms with Crippen LogP contribution in [-0.2, 0) is 0 Å². The summed E-state index contributed by atoms with van der Waals surface area (Å²) in [7, 11) is 0. The molecular formula is C12H12Cl3N5. The summed E-state index contributed by atoms with van der Waals surface area (Å²) in [5.41, 5.74) is 0. The van der Waals surface area contributed by atoms with Crippen LogP contribution in [0, 0.1) is 5.92 Å². The maximum atomic E-state index is 5.66. The number of hydrogen-bond acceptors (Lipinski definition) is 5. The van der Waals surface area contributed by atoms with Crippen LogP contribution in [0.5, 0.6) is 0 Å². The van der Waals surface area contributed by atoms with Crippen LogP contribution in [0.2, 0.25) is 15.5 Å². The number of aromatic nitrogens is 4. The molecule has 8 heteroatoms. The van der Waals surface area contributed by atoms with Crippen molar-refractivity contribution in [2.45, 2.75) is 12.8 Å². The van der Waals surface area contributed by atoms with Gasteiger partial charge in [0.1, 0.15) is 21.3 Å². The highest BCUT2D eigenvalue weighted by Crippen LogP contribution is 2.28. The van der Waals surface area contributed by atoms with Crippen molar-refractivity contribution >= 4 is 40.6 Å². The molecule has 1 N–H and O–H groups in total. The van der Waals surface area contributed by atoms with Gasteiger partial charge < -0.3 is 5.32 Å². The summed E-state index contributed by atoms with van der Waals surface area (Å²) >= 11 is 16.4. The van der Waals surface area contributed by atoms with E-state index in [9.17, 15) is 0 Å². The minimum Gasteiger partial charge on any atom is -0.368 e. The fourth-order valence-electron chi connectivity index (χ4n) is 1.32. The molecule has 1 fully saturated rings. The van der Waals surface area contributed by atoms with Crippen molar-refractivity contribution in [2.24, 2.45) is 5.92 Å². The van der Waals surface area contributed by atoms with E-state index >= 15 is 0 Å². The SMILES string of the molecule is Clc1cncc(Cl)n1.Clc1cncc(NCC2CC2)n1. The third-order valence-electron chi connectivity index (χ3n) is 2.45. The molecule has 5 nitrogen and oxygen atoms in total. The summed E-state index contributed by atoms with van der Waals surface area (Å²) in [5.74, 6) is 1.61. The highest BCUT2D eigenvalue weighted by Gasteiger charge is 2.20. The lowest BCUT2D eigenvalue weighted by Gasteiger charge is -2.02. The van der Waals surface area contributed by atoms with Crippen LogP contribution in [0.25, 0.3) is 0 Å². The second-order valence-electron chi connectivity index (χ2n) is 4.22. The summed E-state index contributed by atoms with van der Waals surface area (Å²) in [5, 5.41) is 4.26. The Kier molecular flexibility index (Phi) is 5.76. The fraction of sp³-hybridized carbons (Fsp3) is 0.333. The Labute approximate surface area is 131 Å². The third-order valence-corrected chi connectivity index (χ3v) is 3.00. The summed E-state index contributed by atoms with van der Waals surface area (Å²) in [6, 6.07) is 0. The molecule has 0 spiro atoms. The Bertz CT molecular complexity index is 545. The first-order valence-corrected chi connectivity index (χ1v) is 7.11. The molecule has 20 heavy (non-hydrogen) atoms. The van der Waals surface area contributed by atoms with Gasteiger partial charge in [-0.2, -0.15) is 0 Å². The van der Waals surface area contributed by atoms with Gasteiger partial charge in [-0.25, -0.2) is 9.97 Å². The van der Waals surface area contributed by atoms with Crippen molar-refractivity contribution < 1.29 is 0 Å². The number of nitrogens with zero attached hydrogens (tertiary/aromatic N) is 4. The average Bonchev–Trinajstić information content (AvgIpc) is 3.21. The molecule has 1 saturated carbocycles. The van der Waals surface area contributed by atoms with Gasteiger partial charge in [0, 0.05) is 6.54 Å². The van der Waals surface area contributed by atoms with Crippen LogP contribution in [-0.4, -0.2) is 26.5 Å². The largest absolute Gasteiger partial charge is 0.368 e. The molecule has 0 amide bonds. The number of halogens is 3. The molecule has 0 radical (unpaired) electrons. The molecule has 3 rings (SSSR count). The molecule has 0 saturated heterocycles. The van der Waals surface area contributed by atoms with Crippen LogP contribution >= 0.6 is 34.8 Å². The average molecular weight is 333 g/mol. The van der Waals surface area contributed by atoms with E-state index in [0.29, 0.717) is 15.5 Å². The lowest BCUT2D eigenvalue weighted by atomic mass is 10.4. The maximum Gasteiger partial charge on any atom is 0.149 e. The van der Waals surface area contributed by atoms with E-state index in [1.165, 1.54) is 31.4 Å². The van der Waals surface area contributed by atoms with E-state index < -0.39 is 0 Å². The summed E-state index contributed by atoms with van der Waals surface area (Å²) in [4.78, 5) is 15.3. The zero-order valence-electron chi connectivity index (χ0n) is 10.4. The molecular weight excluding hydrogens is 321 g/mol. The van der Waals surface area contributed by atoms with E-state index in [4.69, 9.17) is 34.8 Å². The number of hydrogen-bond donors (Lipinski definition) is 1. The molecule has 0 aromatic carbocycles. The zero-order valence-corrected chi connectivity index (χ0v) is 12.7. The van der Waals surface area contributed by atoms with Gasteiger partial charge in [-0.1, -0.05) is 34.8 Å². The topological polar surface area (TPSA) is 63.6 Å². The Morgan fingerprint density at radius 3 is 1.90 bits per heavy atom. The Morgan fingerprint density at radius 1 is 0.900 bits per heavy atom. The van der Waals surface area contributed by atoms with Crippen LogP contribution in [0.3, 0.4) is 0 Å². The first kappa shape index (κ1) is 15.2. The molecule has 2 aromatic heterocycles. The van der Waals surface area contributed by atoms with Crippen molar-refractivity contribution in [2.75, 3.05) is 11.9 Å². The van der Waals surface area contributed by atoms with Gasteiger partial charge in [0.05, 0.1) is 24.8 Å². The van der Waals surface area contributed by atoms with Crippen LogP contribution in [0.15, 0.2) is 24.8 Å². The Morgan fingerprint density at radius 2 is 1.45 bits per heavy atom. The second-order valence-corrected chi connectivity index (χ2v) is 5.38. The molecule has 1 aliphatic rings. The van der Waals surface area contributed by atoms with Crippen LogP contribution in [0.4, 0.5) is 5.82 Å². The van der Waals surface area contributed by atoms with Gasteiger partial charge in [-0.05, 0) is 18.8 Å². The highest BCUT2D eigenvalue weighted by atomic mass is 35.5. The van der Waals surface area contributed by atoms with Gasteiger partial charge in [0.25, 0.3) is 0 Å². The van der Waals surface area contributed by atoms with E-state index in [-0.39, 0.29) is 0 Å². The van der Waals surface area contributed by atoms with Crippen molar-refractivity contribution in [3.8, 4) is 0 Å². The first-order valence-electron chi connectivity index (χ1n) is 5.98. The fourth-order valence-corrected chi connectivity index (χ4v) is 1.80. The van der Waals surface area contributed by atoms with Crippen molar-refractivity contribution in [3.05, 3.63) is 40.2 Å². The van der Waals surface area contributed by atoms with E-state index in [0.717, 1.165) is 18.3 Å². The summed E-state index contributed by atoms with van der Waals surface area (Å²) in [6.07, 6.45) is 8.74. The minimum atomic E-state index is 0.317. The van der Waals surface area contributed by atoms with E-state index in [1.54, 1.807) is 6.20 Å². The summed E-state index contributed by atoms with van der Waals surface area (Å²) in [6.45, 7) is 0.995. The monoisotopic (exact) mass is 331 g/mol. The van der Waals surface area contributed by atoms with Crippen molar-refractivity contribution in [1.82, 2.24) is 19.9 Å². The lowest BCUT2D eigenvalue weighted by Crippen LogP contribution is -2.04. The maximum absolute atomic E-state index is 5.66. The highest BCUT2D eigenvalue weighted by molar-refractivity contribution is 6.32. The van der Waals surface area contributed by atoms with Gasteiger partial charge in [0.2, 0.25) is 0 Å². The lowest BCUT2D eigenvalue weighted by molar-refractivity contribution is 0.881. The zero-order chi connectivity index (χ0) is 14.4. The number of nitrogens with one attached hydrogen (secondary N) is 1. The van der Waals surface area contributed by atoms with Crippen LogP contribution < -0.4 is 5.32 Å². The van der Waals surface area contributed by atoms with Crippen molar-refractivity contribution in [1.29, 1.82) is 0 Å². The van der Waals surface area contributed by atoms with Crippen molar-refractivity contribution in [3.63, 3.8) is 0 Å². The normalized spacial score (nSPS) is 13.3. The predicted octanol–water partition coefficient (Wildman–Crippen LogP) is 3.74. The quantitative estimate of drug-likeness (QED) is 0.927. The first-order chi connectivity index (χ1) is 9.63. The Hall–Kier alpha value is -1.17. The standard InChI is InChI=1S/C8H10ClN3.C4H2Cl2N2/c9-7-4-10-5-8(12-7)11-3-6-1-2-6;5-3-1-7-2-4(6)8-3/h4-6H,1-3H2,(H,11,12);1-2H. The minimum absolute atomic E-state index is 0.317. The molecule has 0 atom stereocenters. The van der Waals surface area contributed by atoms with Gasteiger partial charge in [-0.15, -0.1) is 0 Å². The molecule has 106 valence electrons. The molecule has 0 bridgehead atoms. The van der Waals surface area contributed by atoms with Gasteiger partial charge >= 0.3 is 0 Å². The van der Waals surface area contributed by atoms with E-state index in [1.807, 2.05) is 0 Å². The number of anilines is 1. The molecule has 2 aromatic rings. The molecule has 2 heterocycles. The Balaban J connectivity index is 0.000000160. The number of rotatable bonds is 3. The van der Waals surface area contributed by atoms with E-state index in [2.05, 4.69) is 25.3 Å². The molecule has 0 aliphatic heterocycles. The summed E-state index contributed by atoms with van der Waals surface area (Å²) < 4.78 is 0. The molecule has 0 unspecified atom stereocenters. The van der Waals surface area contributed by atoms with Crippen LogP contribution in [0.1, 0.15) is 12.8 Å². The second kappa shape index (κ2) is 7.57. The van der Waals surface area contributed by atoms with Gasteiger partial charge in [-0.3, -0.25) is 9.97 Å². The smallest absolute Gasteiger partial charge is 0.149 e.